The maximum absolute atomic E-state index is 14.4. The first kappa shape index (κ1) is 42.1. The molecule has 12 heteroatoms. The number of esters is 1. The number of carbonyl (C=O) groups is 5. The van der Waals surface area contributed by atoms with Gasteiger partial charge in [-0.05, 0) is 62.5 Å². The minimum absolute atomic E-state index is 0.00288. The Hall–Kier alpha value is -3.64. The van der Waals surface area contributed by atoms with Crippen LogP contribution in [-0.2, 0) is 30.3 Å². The molecule has 3 fully saturated rings. The van der Waals surface area contributed by atoms with Gasteiger partial charge in [-0.25, -0.2) is 4.98 Å². The lowest BCUT2D eigenvalue weighted by molar-refractivity contribution is -0.152. The molecule has 1 saturated carbocycles. The van der Waals surface area contributed by atoms with Gasteiger partial charge < -0.3 is 20.1 Å². The summed E-state index contributed by atoms with van der Waals surface area (Å²) in [6.45, 7) is 12.6. The smallest absolute Gasteiger partial charge is 0.306 e. The molecule has 3 aliphatic rings. The standard InChI is InChI=1S/C41H60N4O7S/c1-9-14-36(47)52-34(38-43-32(24-53-38)37(48)42-30(17-27(6)40(50)51)18-28-15-12-11-13-16-28)20-33(25(3)4)45(8)39(49)31(26(5)10-2)19-35(46)41-21-29(22-41)23-44(41)7/h11-13,15-16,24-27,29-31,33-34H,9-10,14,17-23H2,1-8H3,(H,42,48)(H,50,51)/t26-,27-,29?,30+,31-,33+,34+,41?/m0/s1. The summed E-state index contributed by atoms with van der Waals surface area (Å²) in [5.41, 5.74) is 0.687. The molecule has 0 unspecified atom stereocenters. The average molecular weight is 753 g/mol. The van der Waals surface area contributed by atoms with E-state index in [0.29, 0.717) is 23.8 Å². The first-order valence-corrected chi connectivity index (χ1v) is 20.2. The number of nitrogens with one attached hydrogen (secondary N) is 1. The van der Waals surface area contributed by atoms with Crippen LogP contribution in [0.25, 0.3) is 0 Å². The van der Waals surface area contributed by atoms with Crippen molar-refractivity contribution in [3.63, 3.8) is 0 Å². The molecule has 2 bridgehead atoms. The topological polar surface area (TPSA) is 146 Å². The maximum atomic E-state index is 14.4. The van der Waals surface area contributed by atoms with Crippen LogP contribution in [0.15, 0.2) is 35.7 Å². The SMILES string of the molecule is CCCC(=O)O[C@H](C[C@H](C(C)C)N(C)C(=O)[C@@H](CC(=O)C12CC(CN1C)C2)[C@@H](C)CC)c1nc(C(=O)N[C@@H](Cc2ccccc2)C[C@H](C)C(=O)O)cs1. The summed E-state index contributed by atoms with van der Waals surface area (Å²) in [5, 5.41) is 14.6. The van der Waals surface area contributed by atoms with Crippen LogP contribution in [0.4, 0.5) is 0 Å². The Kier molecular flexibility index (Phi) is 14.8. The Bertz CT molecular complexity index is 1570. The molecule has 2 aromatic rings. The molecular weight excluding hydrogens is 693 g/mol. The molecule has 2 amide bonds. The molecular formula is C41H60N4O7S. The first-order chi connectivity index (χ1) is 25.1. The molecule has 53 heavy (non-hydrogen) atoms. The molecule has 1 aliphatic carbocycles. The maximum Gasteiger partial charge on any atom is 0.306 e. The molecule has 5 rings (SSSR count). The van der Waals surface area contributed by atoms with Crippen molar-refractivity contribution < 1.29 is 33.8 Å². The number of rotatable bonds is 21. The van der Waals surface area contributed by atoms with E-state index in [4.69, 9.17) is 4.74 Å². The van der Waals surface area contributed by atoms with Gasteiger partial charge in [-0.3, -0.25) is 28.9 Å². The van der Waals surface area contributed by atoms with Crippen LogP contribution in [0, 0.1) is 29.6 Å². The van der Waals surface area contributed by atoms with Gasteiger partial charge in [-0.1, -0.05) is 78.3 Å². The number of carboxylic acids is 1. The van der Waals surface area contributed by atoms with Gasteiger partial charge in [-0.15, -0.1) is 11.3 Å². The number of carbonyl (C=O) groups excluding carboxylic acids is 4. The number of fused-ring (bicyclic) bond motifs is 1. The zero-order chi connectivity index (χ0) is 39.0. The number of likely N-dealkylation sites (N-methyl/N-ethyl adjacent to an activating group) is 1. The molecule has 2 N–H and O–H groups in total. The van der Waals surface area contributed by atoms with Crippen molar-refractivity contribution in [2.75, 3.05) is 20.6 Å². The third-order valence-electron chi connectivity index (χ3n) is 11.6. The highest BCUT2D eigenvalue weighted by Gasteiger charge is 2.59. The van der Waals surface area contributed by atoms with Gasteiger partial charge in [0, 0.05) is 56.2 Å². The average Bonchev–Trinajstić information content (AvgIpc) is 3.81. The molecule has 1 aromatic carbocycles. The quantitative estimate of drug-likeness (QED) is 0.135. The van der Waals surface area contributed by atoms with E-state index in [1.54, 1.807) is 24.3 Å². The number of benzene rings is 1. The van der Waals surface area contributed by atoms with Crippen LogP contribution in [0.5, 0.6) is 0 Å². The predicted octanol–water partition coefficient (Wildman–Crippen LogP) is 6.57. The van der Waals surface area contributed by atoms with Crippen molar-refractivity contribution >= 4 is 40.9 Å². The fraction of sp³-hybridized carbons (Fsp3) is 0.659. The summed E-state index contributed by atoms with van der Waals surface area (Å²) in [6.07, 6.45) is 3.69. The van der Waals surface area contributed by atoms with Crippen LogP contribution in [0.2, 0.25) is 0 Å². The molecule has 3 heterocycles. The highest BCUT2D eigenvalue weighted by molar-refractivity contribution is 7.09. The number of aliphatic carboxylic acids is 1. The molecule has 1 aromatic heterocycles. The summed E-state index contributed by atoms with van der Waals surface area (Å²) >= 11 is 1.22. The fourth-order valence-electron chi connectivity index (χ4n) is 8.11. The van der Waals surface area contributed by atoms with E-state index >= 15 is 0 Å². The van der Waals surface area contributed by atoms with Gasteiger partial charge >= 0.3 is 11.9 Å². The molecule has 6 atom stereocenters. The van der Waals surface area contributed by atoms with Crippen LogP contribution < -0.4 is 5.32 Å². The number of hydrogen-bond acceptors (Lipinski definition) is 9. The van der Waals surface area contributed by atoms with E-state index in [1.807, 2.05) is 72.0 Å². The number of hydrogen-bond donors (Lipinski definition) is 2. The zero-order valence-corrected chi connectivity index (χ0v) is 33.6. The molecule has 0 radical (unpaired) electrons. The van der Waals surface area contributed by atoms with Gasteiger partial charge in [-0.2, -0.15) is 0 Å². The lowest BCUT2D eigenvalue weighted by atomic mass is 9.68. The van der Waals surface area contributed by atoms with Gasteiger partial charge in [0.05, 0.1) is 11.5 Å². The highest BCUT2D eigenvalue weighted by Crippen LogP contribution is 2.51. The summed E-state index contributed by atoms with van der Waals surface area (Å²) in [5.74, 6) is -2.28. The number of amides is 2. The molecule has 0 spiro atoms. The normalized spacial score (nSPS) is 21.5. The lowest BCUT2D eigenvalue weighted by Crippen LogP contribution is -2.53. The van der Waals surface area contributed by atoms with E-state index in [1.165, 1.54) is 11.3 Å². The second-order valence-corrected chi connectivity index (χ2v) is 16.8. The minimum Gasteiger partial charge on any atom is -0.481 e. The molecule has 2 saturated heterocycles. The second-order valence-electron chi connectivity index (χ2n) is 15.9. The zero-order valence-electron chi connectivity index (χ0n) is 32.8. The van der Waals surface area contributed by atoms with Crippen molar-refractivity contribution in [3.8, 4) is 0 Å². The summed E-state index contributed by atoms with van der Waals surface area (Å²) in [7, 11) is 3.80. The van der Waals surface area contributed by atoms with Crippen molar-refractivity contribution in [1.82, 2.24) is 20.1 Å². The van der Waals surface area contributed by atoms with Crippen molar-refractivity contribution in [2.24, 2.45) is 29.6 Å². The summed E-state index contributed by atoms with van der Waals surface area (Å²) in [6, 6.07) is 8.78. The number of carboxylic acid groups (broad SMARTS) is 1. The van der Waals surface area contributed by atoms with Crippen molar-refractivity contribution in [1.29, 1.82) is 0 Å². The number of thiazole rings is 1. The number of Topliss-reactive ketones (excluding diaryl/α,β-unsaturated/α-hetero) is 1. The van der Waals surface area contributed by atoms with Gasteiger partial charge in [0.25, 0.3) is 5.91 Å². The third kappa shape index (κ3) is 10.3. The Morgan fingerprint density at radius 3 is 2.32 bits per heavy atom. The first-order valence-electron chi connectivity index (χ1n) is 19.3. The molecule has 11 nitrogen and oxygen atoms in total. The monoisotopic (exact) mass is 752 g/mol. The molecule has 292 valence electrons. The Labute approximate surface area is 319 Å². The number of ether oxygens (including phenoxy) is 1. The predicted molar refractivity (Wildman–Crippen MR) is 205 cm³/mol. The summed E-state index contributed by atoms with van der Waals surface area (Å²) < 4.78 is 6.03. The van der Waals surface area contributed by atoms with Gasteiger partial charge in [0.1, 0.15) is 10.7 Å². The van der Waals surface area contributed by atoms with Gasteiger partial charge in [0.15, 0.2) is 11.9 Å². The minimum atomic E-state index is -0.937. The number of aromatic nitrogens is 1. The van der Waals surface area contributed by atoms with Gasteiger partial charge in [0.2, 0.25) is 5.91 Å². The Morgan fingerprint density at radius 2 is 1.75 bits per heavy atom. The Balaban J connectivity index is 1.54. The fourth-order valence-corrected chi connectivity index (χ4v) is 8.95. The van der Waals surface area contributed by atoms with E-state index in [2.05, 4.69) is 15.2 Å². The van der Waals surface area contributed by atoms with Crippen molar-refractivity contribution in [3.05, 3.63) is 52.0 Å². The largest absolute Gasteiger partial charge is 0.481 e. The number of ketones is 1. The second kappa shape index (κ2) is 18.6. The van der Waals surface area contributed by atoms with Crippen LogP contribution in [0.1, 0.15) is 120 Å². The van der Waals surface area contributed by atoms with Crippen molar-refractivity contribution in [2.45, 2.75) is 123 Å². The highest BCUT2D eigenvalue weighted by atomic mass is 32.1. The van der Waals surface area contributed by atoms with E-state index in [9.17, 15) is 29.1 Å². The summed E-state index contributed by atoms with van der Waals surface area (Å²) in [4.78, 5) is 75.0. The third-order valence-corrected chi connectivity index (χ3v) is 12.6. The van der Waals surface area contributed by atoms with Crippen LogP contribution >= 0.6 is 11.3 Å². The number of nitrogens with zero attached hydrogens (tertiary/aromatic N) is 3. The van der Waals surface area contributed by atoms with E-state index < -0.39 is 41.4 Å². The Morgan fingerprint density at radius 1 is 1.08 bits per heavy atom. The van der Waals surface area contributed by atoms with E-state index in [-0.39, 0.29) is 66.9 Å². The van der Waals surface area contributed by atoms with Crippen LogP contribution in [0.3, 0.4) is 0 Å². The molecule has 2 aliphatic heterocycles. The van der Waals surface area contributed by atoms with E-state index in [0.717, 1.165) is 31.4 Å². The van der Waals surface area contributed by atoms with Crippen LogP contribution in [-0.4, -0.2) is 87.7 Å². The lowest BCUT2D eigenvalue weighted by Gasteiger charge is -2.41.